The van der Waals surface area contributed by atoms with Gasteiger partial charge in [-0.2, -0.15) is 0 Å². The zero-order chi connectivity index (χ0) is 21.6. The van der Waals surface area contributed by atoms with Gasteiger partial charge in [0.2, 0.25) is 5.91 Å². The highest BCUT2D eigenvalue weighted by molar-refractivity contribution is 5.78. The quantitative estimate of drug-likeness (QED) is 0.666. The average Bonchev–Trinajstić information content (AvgIpc) is 3.27. The fourth-order valence-electron chi connectivity index (χ4n) is 5.06. The third kappa shape index (κ3) is 5.21. The molecule has 2 heterocycles. The molecule has 2 aromatic carbocycles. The molecule has 166 valence electrons. The molecular formula is C26H34N2O3. The number of rotatable bonds is 7. The van der Waals surface area contributed by atoms with Crippen molar-refractivity contribution in [1.82, 2.24) is 9.80 Å². The van der Waals surface area contributed by atoms with E-state index < -0.39 is 0 Å². The number of ether oxygens (including phenoxy) is 2. The molecule has 0 N–H and O–H groups in total. The number of benzene rings is 2. The predicted octanol–water partition coefficient (Wildman–Crippen LogP) is 4.32. The van der Waals surface area contributed by atoms with Crippen LogP contribution in [0.25, 0.3) is 0 Å². The van der Waals surface area contributed by atoms with Gasteiger partial charge in [0.25, 0.3) is 0 Å². The lowest BCUT2D eigenvalue weighted by Gasteiger charge is -2.34. The van der Waals surface area contributed by atoms with Gasteiger partial charge < -0.3 is 14.4 Å². The summed E-state index contributed by atoms with van der Waals surface area (Å²) in [7, 11) is 3.32. The summed E-state index contributed by atoms with van der Waals surface area (Å²) in [6, 6.07) is 17.1. The molecule has 1 atom stereocenters. The van der Waals surface area contributed by atoms with Crippen molar-refractivity contribution in [3.05, 3.63) is 59.7 Å². The first kappa shape index (κ1) is 21.7. The molecule has 2 fully saturated rings. The molecule has 0 saturated carbocycles. The highest BCUT2D eigenvalue weighted by Crippen LogP contribution is 2.37. The summed E-state index contributed by atoms with van der Waals surface area (Å²) < 4.78 is 10.9. The summed E-state index contributed by atoms with van der Waals surface area (Å²) >= 11 is 0. The van der Waals surface area contributed by atoms with Crippen LogP contribution in [-0.4, -0.2) is 56.1 Å². The number of hydrogen-bond acceptors (Lipinski definition) is 4. The third-order valence-corrected chi connectivity index (χ3v) is 6.83. The first-order chi connectivity index (χ1) is 15.2. The Morgan fingerprint density at radius 2 is 1.68 bits per heavy atom. The molecule has 0 aliphatic carbocycles. The molecule has 2 saturated heterocycles. The van der Waals surface area contributed by atoms with Crippen LogP contribution in [0.2, 0.25) is 0 Å². The van der Waals surface area contributed by atoms with Gasteiger partial charge in [0.1, 0.15) is 0 Å². The first-order valence-electron chi connectivity index (χ1n) is 11.5. The molecule has 0 bridgehead atoms. The van der Waals surface area contributed by atoms with Gasteiger partial charge in [-0.05, 0) is 67.8 Å². The van der Waals surface area contributed by atoms with Crippen molar-refractivity contribution < 1.29 is 14.3 Å². The summed E-state index contributed by atoms with van der Waals surface area (Å²) in [5.74, 6) is 2.44. The smallest absolute Gasteiger partial charge is 0.236 e. The Morgan fingerprint density at radius 1 is 0.935 bits per heavy atom. The summed E-state index contributed by atoms with van der Waals surface area (Å²) in [5, 5.41) is 0. The summed E-state index contributed by atoms with van der Waals surface area (Å²) in [6.07, 6.45) is 5.50. The van der Waals surface area contributed by atoms with E-state index in [1.807, 2.05) is 6.07 Å². The molecule has 0 spiro atoms. The molecule has 4 rings (SSSR count). The minimum atomic E-state index is 0.263. The Bertz CT molecular complexity index is 862. The van der Waals surface area contributed by atoms with Crippen LogP contribution < -0.4 is 9.47 Å². The lowest BCUT2D eigenvalue weighted by molar-refractivity contribution is -0.134. The largest absolute Gasteiger partial charge is 0.493 e. The van der Waals surface area contributed by atoms with E-state index in [1.165, 1.54) is 11.1 Å². The molecular weight excluding hydrogens is 388 g/mol. The number of hydrogen-bond donors (Lipinski definition) is 0. The Labute approximate surface area is 185 Å². The molecule has 2 aliphatic rings. The van der Waals surface area contributed by atoms with Gasteiger partial charge in [0, 0.05) is 19.1 Å². The van der Waals surface area contributed by atoms with Crippen LogP contribution in [0, 0.1) is 5.92 Å². The Kier molecular flexibility index (Phi) is 7.13. The second-order valence-electron chi connectivity index (χ2n) is 8.76. The van der Waals surface area contributed by atoms with Crippen molar-refractivity contribution in [2.75, 3.05) is 40.4 Å². The van der Waals surface area contributed by atoms with Crippen LogP contribution in [0.15, 0.2) is 48.5 Å². The molecule has 5 heteroatoms. The average molecular weight is 423 g/mol. The van der Waals surface area contributed by atoms with E-state index in [9.17, 15) is 4.79 Å². The van der Waals surface area contributed by atoms with Gasteiger partial charge in [-0.3, -0.25) is 9.69 Å². The number of nitrogens with zero attached hydrogens (tertiary/aromatic N) is 2. The van der Waals surface area contributed by atoms with Crippen LogP contribution in [0.3, 0.4) is 0 Å². The monoisotopic (exact) mass is 422 g/mol. The van der Waals surface area contributed by atoms with Crippen molar-refractivity contribution >= 4 is 5.91 Å². The number of likely N-dealkylation sites (tertiary alicyclic amines) is 2. The SMILES string of the molecule is COc1ccc([C@H]2CCCN2CC(=O)N2CCC(Cc3ccccc3)CC2)cc1OC. The Morgan fingerprint density at radius 3 is 2.39 bits per heavy atom. The summed E-state index contributed by atoms with van der Waals surface area (Å²) in [4.78, 5) is 17.5. The second kappa shape index (κ2) is 10.2. The highest BCUT2D eigenvalue weighted by Gasteiger charge is 2.31. The molecule has 0 unspecified atom stereocenters. The number of carbonyl (C=O) groups excluding carboxylic acids is 1. The summed E-state index contributed by atoms with van der Waals surface area (Å²) in [6.45, 7) is 3.23. The minimum absolute atomic E-state index is 0.263. The fourth-order valence-corrected chi connectivity index (χ4v) is 5.06. The molecule has 2 aromatic rings. The van der Waals surface area contributed by atoms with Crippen molar-refractivity contribution in [2.45, 2.75) is 38.1 Å². The minimum Gasteiger partial charge on any atom is -0.493 e. The third-order valence-electron chi connectivity index (χ3n) is 6.83. The van der Waals surface area contributed by atoms with Gasteiger partial charge in [0.15, 0.2) is 11.5 Å². The Balaban J connectivity index is 1.32. The van der Waals surface area contributed by atoms with E-state index in [4.69, 9.17) is 9.47 Å². The topological polar surface area (TPSA) is 42.0 Å². The van der Waals surface area contributed by atoms with Gasteiger partial charge in [-0.25, -0.2) is 0 Å². The lowest BCUT2D eigenvalue weighted by atomic mass is 9.90. The van der Waals surface area contributed by atoms with Crippen molar-refractivity contribution in [3.8, 4) is 11.5 Å². The maximum atomic E-state index is 13.1. The van der Waals surface area contributed by atoms with Gasteiger partial charge >= 0.3 is 0 Å². The molecule has 0 aromatic heterocycles. The van der Waals surface area contributed by atoms with Crippen molar-refractivity contribution in [1.29, 1.82) is 0 Å². The van der Waals surface area contributed by atoms with Crippen LogP contribution in [0.1, 0.15) is 42.9 Å². The maximum absolute atomic E-state index is 13.1. The maximum Gasteiger partial charge on any atom is 0.236 e. The zero-order valence-corrected chi connectivity index (χ0v) is 18.8. The number of piperidine rings is 1. The fraction of sp³-hybridized carbons (Fsp3) is 0.500. The van der Waals surface area contributed by atoms with Crippen LogP contribution >= 0.6 is 0 Å². The zero-order valence-electron chi connectivity index (χ0n) is 18.8. The van der Waals surface area contributed by atoms with E-state index in [-0.39, 0.29) is 11.9 Å². The van der Waals surface area contributed by atoms with Gasteiger partial charge in [-0.15, -0.1) is 0 Å². The number of amides is 1. The van der Waals surface area contributed by atoms with E-state index in [0.717, 1.165) is 63.2 Å². The Hall–Kier alpha value is -2.53. The van der Waals surface area contributed by atoms with Crippen molar-refractivity contribution in [2.24, 2.45) is 5.92 Å². The highest BCUT2D eigenvalue weighted by atomic mass is 16.5. The first-order valence-corrected chi connectivity index (χ1v) is 11.5. The molecule has 31 heavy (non-hydrogen) atoms. The molecule has 0 radical (unpaired) electrons. The van der Waals surface area contributed by atoms with E-state index in [1.54, 1.807) is 14.2 Å². The normalized spacial score (nSPS) is 20.1. The van der Waals surface area contributed by atoms with E-state index in [2.05, 4.69) is 52.3 Å². The van der Waals surface area contributed by atoms with Gasteiger partial charge in [0.05, 0.1) is 20.8 Å². The number of carbonyl (C=O) groups is 1. The van der Waals surface area contributed by atoms with Crippen LogP contribution in [0.4, 0.5) is 0 Å². The number of methoxy groups -OCH3 is 2. The van der Waals surface area contributed by atoms with E-state index in [0.29, 0.717) is 12.5 Å². The predicted molar refractivity (Wildman–Crippen MR) is 123 cm³/mol. The van der Waals surface area contributed by atoms with Crippen LogP contribution in [0.5, 0.6) is 11.5 Å². The van der Waals surface area contributed by atoms with Crippen LogP contribution in [-0.2, 0) is 11.2 Å². The second-order valence-corrected chi connectivity index (χ2v) is 8.76. The molecule has 1 amide bonds. The molecule has 2 aliphatic heterocycles. The lowest BCUT2D eigenvalue weighted by Crippen LogP contribution is -2.44. The standard InChI is InChI=1S/C26H34N2O3/c1-30-24-11-10-22(18-25(24)31-2)23-9-6-14-28(23)19-26(29)27-15-12-21(13-16-27)17-20-7-4-3-5-8-20/h3-5,7-8,10-11,18,21,23H,6,9,12-17,19H2,1-2H3/t23-/m1/s1. The van der Waals surface area contributed by atoms with E-state index >= 15 is 0 Å². The molecule has 5 nitrogen and oxygen atoms in total. The van der Waals surface area contributed by atoms with Crippen molar-refractivity contribution in [3.63, 3.8) is 0 Å². The van der Waals surface area contributed by atoms with Gasteiger partial charge in [-0.1, -0.05) is 36.4 Å². The summed E-state index contributed by atoms with van der Waals surface area (Å²) in [5.41, 5.74) is 2.60.